The molecule has 0 bridgehead atoms. The van der Waals surface area contributed by atoms with E-state index < -0.39 is 0 Å². The Balaban J connectivity index is 2.56. The molecule has 0 radical (unpaired) electrons. The molecule has 0 heterocycles. The lowest BCUT2D eigenvalue weighted by atomic mass is 10.1. The van der Waals surface area contributed by atoms with Gasteiger partial charge in [0.15, 0.2) is 0 Å². The van der Waals surface area contributed by atoms with Crippen molar-refractivity contribution in [2.45, 2.75) is 46.7 Å². The maximum absolute atomic E-state index is 5.80. The van der Waals surface area contributed by atoms with Gasteiger partial charge in [-0.1, -0.05) is 40.2 Å². The second-order valence-corrected chi connectivity index (χ2v) is 5.98. The highest BCUT2D eigenvalue weighted by atomic mass is 79.9. The zero-order chi connectivity index (χ0) is 13.5. The molecule has 2 nitrogen and oxygen atoms in total. The Bertz CT molecular complexity index is 366. The predicted octanol–water partition coefficient (Wildman–Crippen LogP) is 4.37. The molecule has 1 rings (SSSR count). The summed E-state index contributed by atoms with van der Waals surface area (Å²) in [5.41, 5.74) is 1.27. The average molecular weight is 314 g/mol. The molecule has 18 heavy (non-hydrogen) atoms. The van der Waals surface area contributed by atoms with Gasteiger partial charge in [0.2, 0.25) is 0 Å². The van der Waals surface area contributed by atoms with Crippen molar-refractivity contribution in [3.63, 3.8) is 0 Å². The molecule has 0 amide bonds. The molecule has 0 aromatic heterocycles. The Morgan fingerprint density at radius 1 is 1.28 bits per heavy atom. The van der Waals surface area contributed by atoms with E-state index in [2.05, 4.69) is 61.1 Å². The molecule has 1 atom stereocenters. The molecule has 1 aromatic rings. The third kappa shape index (κ3) is 5.40. The molecule has 0 saturated heterocycles. The number of hydrogen-bond acceptors (Lipinski definition) is 2. The van der Waals surface area contributed by atoms with E-state index in [1.54, 1.807) is 0 Å². The molecule has 102 valence electrons. The lowest BCUT2D eigenvalue weighted by Gasteiger charge is -2.14. The van der Waals surface area contributed by atoms with Gasteiger partial charge in [-0.25, -0.2) is 0 Å². The van der Waals surface area contributed by atoms with Gasteiger partial charge in [-0.3, -0.25) is 0 Å². The second kappa shape index (κ2) is 7.80. The van der Waals surface area contributed by atoms with Crippen LogP contribution in [-0.2, 0) is 6.54 Å². The van der Waals surface area contributed by atoms with Crippen LogP contribution in [0.5, 0.6) is 5.75 Å². The van der Waals surface area contributed by atoms with Gasteiger partial charge in [-0.2, -0.15) is 0 Å². The summed E-state index contributed by atoms with van der Waals surface area (Å²) in [4.78, 5) is 0. The van der Waals surface area contributed by atoms with Crippen LogP contribution in [0.3, 0.4) is 0 Å². The summed E-state index contributed by atoms with van der Waals surface area (Å²) in [6.07, 6.45) is 1.15. The summed E-state index contributed by atoms with van der Waals surface area (Å²) in [7, 11) is 0. The van der Waals surface area contributed by atoms with Crippen LogP contribution in [-0.4, -0.2) is 12.6 Å². The summed E-state index contributed by atoms with van der Waals surface area (Å²) in [5, 5.41) is 3.41. The molecule has 1 aromatic carbocycles. The molecule has 0 aliphatic heterocycles. The number of benzene rings is 1. The Kier molecular flexibility index (Phi) is 6.72. The first kappa shape index (κ1) is 15.5. The minimum atomic E-state index is 0.505. The fourth-order valence-corrected chi connectivity index (χ4v) is 1.98. The molecule has 0 aliphatic rings. The number of nitrogens with one attached hydrogen (secondary N) is 1. The van der Waals surface area contributed by atoms with Crippen molar-refractivity contribution >= 4 is 15.9 Å². The molecular weight excluding hydrogens is 290 g/mol. The summed E-state index contributed by atoms with van der Waals surface area (Å²) < 4.78 is 6.84. The van der Waals surface area contributed by atoms with Crippen LogP contribution in [0.15, 0.2) is 22.7 Å². The maximum Gasteiger partial charge on any atom is 0.133 e. The highest BCUT2D eigenvalue weighted by Crippen LogP contribution is 2.26. The standard InChI is InChI=1S/C15H24BrNO/c1-5-12(4)10-18-15-7-6-13(8-14(15)16)9-17-11(2)3/h6-8,11-12,17H,5,9-10H2,1-4H3. The van der Waals surface area contributed by atoms with E-state index in [4.69, 9.17) is 4.74 Å². The SMILES string of the molecule is CCC(C)COc1ccc(CNC(C)C)cc1Br. The monoisotopic (exact) mass is 313 g/mol. The van der Waals surface area contributed by atoms with Gasteiger partial charge >= 0.3 is 0 Å². The van der Waals surface area contributed by atoms with Gasteiger partial charge in [-0.05, 0) is 39.5 Å². The van der Waals surface area contributed by atoms with E-state index >= 15 is 0 Å². The van der Waals surface area contributed by atoms with Crippen LogP contribution < -0.4 is 10.1 Å². The van der Waals surface area contributed by atoms with E-state index in [0.29, 0.717) is 12.0 Å². The Morgan fingerprint density at radius 2 is 2.00 bits per heavy atom. The number of ether oxygens (including phenoxy) is 1. The third-order valence-electron chi connectivity index (χ3n) is 2.93. The Morgan fingerprint density at radius 3 is 2.56 bits per heavy atom. The van der Waals surface area contributed by atoms with Gasteiger partial charge in [0.05, 0.1) is 11.1 Å². The highest BCUT2D eigenvalue weighted by molar-refractivity contribution is 9.10. The van der Waals surface area contributed by atoms with Gasteiger partial charge < -0.3 is 10.1 Å². The largest absolute Gasteiger partial charge is 0.492 e. The zero-order valence-corrected chi connectivity index (χ0v) is 13.4. The average Bonchev–Trinajstić information content (AvgIpc) is 2.34. The fraction of sp³-hybridized carbons (Fsp3) is 0.600. The minimum Gasteiger partial charge on any atom is -0.492 e. The van der Waals surface area contributed by atoms with Crippen molar-refractivity contribution < 1.29 is 4.74 Å². The summed E-state index contributed by atoms with van der Waals surface area (Å²) in [6.45, 7) is 10.4. The molecule has 0 spiro atoms. The molecule has 3 heteroatoms. The normalized spacial score (nSPS) is 12.8. The topological polar surface area (TPSA) is 21.3 Å². The van der Waals surface area contributed by atoms with Crippen LogP contribution in [0.1, 0.15) is 39.7 Å². The van der Waals surface area contributed by atoms with Crippen LogP contribution in [0.4, 0.5) is 0 Å². The quantitative estimate of drug-likeness (QED) is 0.807. The molecule has 0 fully saturated rings. The molecular formula is C15H24BrNO. The van der Waals surface area contributed by atoms with Gasteiger partial charge in [0.1, 0.15) is 5.75 Å². The first-order chi connectivity index (χ1) is 8.52. The number of halogens is 1. The second-order valence-electron chi connectivity index (χ2n) is 5.12. The van der Waals surface area contributed by atoms with E-state index in [-0.39, 0.29) is 0 Å². The number of hydrogen-bond donors (Lipinski definition) is 1. The highest BCUT2D eigenvalue weighted by Gasteiger charge is 2.05. The summed E-state index contributed by atoms with van der Waals surface area (Å²) in [6, 6.07) is 6.79. The molecule has 1 N–H and O–H groups in total. The first-order valence-corrected chi connectivity index (χ1v) is 7.46. The lowest BCUT2D eigenvalue weighted by molar-refractivity contribution is 0.255. The van der Waals surface area contributed by atoms with Gasteiger partial charge in [0, 0.05) is 12.6 Å². The molecule has 1 unspecified atom stereocenters. The van der Waals surface area contributed by atoms with Crippen molar-refractivity contribution in [1.29, 1.82) is 0 Å². The summed E-state index contributed by atoms with van der Waals surface area (Å²) in [5.74, 6) is 1.53. The molecule has 0 saturated carbocycles. The van der Waals surface area contributed by atoms with Gasteiger partial charge in [-0.15, -0.1) is 0 Å². The van der Waals surface area contributed by atoms with Crippen LogP contribution >= 0.6 is 15.9 Å². The smallest absolute Gasteiger partial charge is 0.133 e. The van der Waals surface area contributed by atoms with Crippen LogP contribution in [0.2, 0.25) is 0 Å². The number of rotatable bonds is 7. The van der Waals surface area contributed by atoms with Crippen molar-refractivity contribution in [3.8, 4) is 5.75 Å². The zero-order valence-electron chi connectivity index (χ0n) is 11.8. The molecule has 0 aliphatic carbocycles. The Hall–Kier alpha value is -0.540. The first-order valence-electron chi connectivity index (χ1n) is 6.67. The Labute approximate surface area is 119 Å². The predicted molar refractivity (Wildman–Crippen MR) is 81.1 cm³/mol. The van der Waals surface area contributed by atoms with Crippen molar-refractivity contribution in [3.05, 3.63) is 28.2 Å². The van der Waals surface area contributed by atoms with Crippen LogP contribution in [0, 0.1) is 5.92 Å². The van der Waals surface area contributed by atoms with E-state index in [9.17, 15) is 0 Å². The third-order valence-corrected chi connectivity index (χ3v) is 3.55. The summed E-state index contributed by atoms with van der Waals surface area (Å²) >= 11 is 3.57. The van der Waals surface area contributed by atoms with E-state index in [1.165, 1.54) is 5.56 Å². The van der Waals surface area contributed by atoms with Crippen molar-refractivity contribution in [1.82, 2.24) is 5.32 Å². The van der Waals surface area contributed by atoms with E-state index in [0.717, 1.165) is 29.8 Å². The van der Waals surface area contributed by atoms with Crippen LogP contribution in [0.25, 0.3) is 0 Å². The maximum atomic E-state index is 5.80. The van der Waals surface area contributed by atoms with Crippen molar-refractivity contribution in [2.24, 2.45) is 5.92 Å². The van der Waals surface area contributed by atoms with Crippen molar-refractivity contribution in [2.75, 3.05) is 6.61 Å². The minimum absolute atomic E-state index is 0.505. The lowest BCUT2D eigenvalue weighted by Crippen LogP contribution is -2.21. The fourth-order valence-electron chi connectivity index (χ4n) is 1.44. The van der Waals surface area contributed by atoms with Gasteiger partial charge in [0.25, 0.3) is 0 Å². The van der Waals surface area contributed by atoms with E-state index in [1.807, 2.05) is 6.07 Å².